The lowest BCUT2D eigenvalue weighted by molar-refractivity contribution is -0.267. The van der Waals surface area contributed by atoms with Crippen molar-refractivity contribution in [1.82, 2.24) is 0 Å². The number of carbonyl (C=O) groups excluding carboxylic acids is 1. The van der Waals surface area contributed by atoms with Crippen LogP contribution < -0.4 is 0 Å². The van der Waals surface area contributed by atoms with Crippen LogP contribution in [0.1, 0.15) is 25.3 Å². The van der Waals surface area contributed by atoms with Gasteiger partial charge in [-0.2, -0.15) is 4.89 Å². The SMILES string of the molecule is C=C(C)CCCOOC(=O)C=Cc1ccccc1. The van der Waals surface area contributed by atoms with Crippen LogP contribution in [0.2, 0.25) is 0 Å². The molecule has 0 heterocycles. The van der Waals surface area contributed by atoms with Crippen molar-refractivity contribution in [1.29, 1.82) is 0 Å². The lowest BCUT2D eigenvalue weighted by atomic mass is 10.2. The monoisotopic (exact) mass is 246 g/mol. The highest BCUT2D eigenvalue weighted by molar-refractivity contribution is 5.86. The molecule has 1 aromatic carbocycles. The minimum Gasteiger partial charge on any atom is -0.294 e. The zero-order valence-corrected chi connectivity index (χ0v) is 10.6. The molecule has 0 saturated heterocycles. The van der Waals surface area contributed by atoms with Gasteiger partial charge in [0.05, 0.1) is 6.61 Å². The molecule has 1 aromatic rings. The zero-order chi connectivity index (χ0) is 13.2. The summed E-state index contributed by atoms with van der Waals surface area (Å²) >= 11 is 0. The second kappa shape index (κ2) is 8.25. The van der Waals surface area contributed by atoms with E-state index in [4.69, 9.17) is 4.89 Å². The molecule has 0 saturated carbocycles. The summed E-state index contributed by atoms with van der Waals surface area (Å²) in [7, 11) is 0. The molecule has 1 rings (SSSR count). The van der Waals surface area contributed by atoms with Gasteiger partial charge in [-0.3, -0.25) is 4.89 Å². The number of hydrogen-bond donors (Lipinski definition) is 0. The maximum absolute atomic E-state index is 11.3. The Balaban J connectivity index is 2.18. The second-order valence-corrected chi connectivity index (χ2v) is 4.03. The quantitative estimate of drug-likeness (QED) is 0.243. The predicted octanol–water partition coefficient (Wildman–Crippen LogP) is 3.53. The summed E-state index contributed by atoms with van der Waals surface area (Å²) in [6, 6.07) is 9.52. The van der Waals surface area contributed by atoms with Gasteiger partial charge in [0.15, 0.2) is 0 Å². The Bertz CT molecular complexity index is 407. The molecule has 3 nitrogen and oxygen atoms in total. The molecule has 0 atom stereocenters. The van der Waals surface area contributed by atoms with Crippen LogP contribution in [0.3, 0.4) is 0 Å². The minimum absolute atomic E-state index is 0.387. The number of allylic oxidation sites excluding steroid dienone is 1. The molecule has 0 radical (unpaired) electrons. The van der Waals surface area contributed by atoms with E-state index in [1.807, 2.05) is 37.3 Å². The van der Waals surface area contributed by atoms with Crippen molar-refractivity contribution >= 4 is 12.0 Å². The van der Waals surface area contributed by atoms with E-state index in [0.29, 0.717) is 6.61 Å². The van der Waals surface area contributed by atoms with Gasteiger partial charge in [-0.1, -0.05) is 35.9 Å². The lowest BCUT2D eigenvalue weighted by Gasteiger charge is -2.01. The lowest BCUT2D eigenvalue weighted by Crippen LogP contribution is -2.03. The van der Waals surface area contributed by atoms with Gasteiger partial charge in [0.1, 0.15) is 0 Å². The zero-order valence-electron chi connectivity index (χ0n) is 10.6. The maximum atomic E-state index is 11.3. The average molecular weight is 246 g/mol. The molecule has 18 heavy (non-hydrogen) atoms. The van der Waals surface area contributed by atoms with Crippen molar-refractivity contribution in [3.05, 3.63) is 54.1 Å². The van der Waals surface area contributed by atoms with E-state index in [0.717, 1.165) is 24.0 Å². The molecule has 3 heteroatoms. The molecule has 96 valence electrons. The molecule has 0 aromatic heterocycles. The summed E-state index contributed by atoms with van der Waals surface area (Å²) in [6.45, 7) is 6.12. The first-order valence-electron chi connectivity index (χ1n) is 5.89. The summed E-state index contributed by atoms with van der Waals surface area (Å²) in [6.07, 6.45) is 4.69. The van der Waals surface area contributed by atoms with Gasteiger partial charge in [-0.15, -0.1) is 6.58 Å². The van der Waals surface area contributed by atoms with Crippen LogP contribution in [0, 0.1) is 0 Å². The van der Waals surface area contributed by atoms with Crippen molar-refractivity contribution in [3.8, 4) is 0 Å². The topological polar surface area (TPSA) is 35.5 Å². The third-order valence-electron chi connectivity index (χ3n) is 2.18. The highest BCUT2D eigenvalue weighted by Crippen LogP contribution is 2.02. The third kappa shape index (κ3) is 6.66. The fourth-order valence-corrected chi connectivity index (χ4v) is 1.29. The number of hydrogen-bond acceptors (Lipinski definition) is 3. The van der Waals surface area contributed by atoms with Gasteiger partial charge in [0, 0.05) is 6.08 Å². The fourth-order valence-electron chi connectivity index (χ4n) is 1.29. The highest BCUT2D eigenvalue weighted by atomic mass is 17.2. The van der Waals surface area contributed by atoms with Crippen LogP contribution in [0.4, 0.5) is 0 Å². The van der Waals surface area contributed by atoms with Gasteiger partial charge < -0.3 is 0 Å². The van der Waals surface area contributed by atoms with Crippen molar-refractivity contribution in [2.75, 3.05) is 6.61 Å². The largest absolute Gasteiger partial charge is 0.365 e. The molecular formula is C15H18O3. The number of carbonyl (C=O) groups is 1. The van der Waals surface area contributed by atoms with Crippen molar-refractivity contribution in [3.63, 3.8) is 0 Å². The molecule has 0 unspecified atom stereocenters. The van der Waals surface area contributed by atoms with E-state index >= 15 is 0 Å². The van der Waals surface area contributed by atoms with E-state index in [2.05, 4.69) is 11.5 Å². The van der Waals surface area contributed by atoms with Gasteiger partial charge >= 0.3 is 5.97 Å². The molecule has 0 amide bonds. The molecule has 0 bridgehead atoms. The summed E-state index contributed by atoms with van der Waals surface area (Å²) in [5.74, 6) is -0.505. The van der Waals surface area contributed by atoms with Crippen molar-refractivity contribution in [2.24, 2.45) is 0 Å². The molecule has 0 N–H and O–H groups in total. The predicted molar refractivity (Wildman–Crippen MR) is 71.6 cm³/mol. The van der Waals surface area contributed by atoms with Gasteiger partial charge in [0.2, 0.25) is 0 Å². The molecule has 0 fully saturated rings. The minimum atomic E-state index is -0.505. The van der Waals surface area contributed by atoms with E-state index in [9.17, 15) is 4.79 Å². The van der Waals surface area contributed by atoms with E-state index in [1.165, 1.54) is 6.08 Å². The first kappa shape index (κ1) is 14.2. The highest BCUT2D eigenvalue weighted by Gasteiger charge is 1.98. The Morgan fingerprint density at radius 1 is 1.33 bits per heavy atom. The van der Waals surface area contributed by atoms with Crippen LogP contribution in [0.25, 0.3) is 6.08 Å². The van der Waals surface area contributed by atoms with Gasteiger partial charge in [-0.25, -0.2) is 4.79 Å². The summed E-state index contributed by atoms with van der Waals surface area (Å²) < 4.78 is 0. The van der Waals surface area contributed by atoms with E-state index in [-0.39, 0.29) is 0 Å². The molecule has 0 aliphatic rings. The number of benzene rings is 1. The Kier molecular flexibility index (Phi) is 6.51. The van der Waals surface area contributed by atoms with Crippen molar-refractivity contribution in [2.45, 2.75) is 19.8 Å². The van der Waals surface area contributed by atoms with Gasteiger partial charge in [-0.05, 0) is 31.4 Å². The summed E-state index contributed by atoms with van der Waals surface area (Å²) in [5.41, 5.74) is 2.03. The Hall–Kier alpha value is -1.87. The second-order valence-electron chi connectivity index (χ2n) is 4.03. The van der Waals surface area contributed by atoms with Gasteiger partial charge in [0.25, 0.3) is 0 Å². The van der Waals surface area contributed by atoms with Crippen LogP contribution >= 0.6 is 0 Å². The molecular weight excluding hydrogens is 228 g/mol. The molecule has 0 aliphatic heterocycles. The average Bonchev–Trinajstić information content (AvgIpc) is 2.37. The summed E-state index contributed by atoms with van der Waals surface area (Å²) in [4.78, 5) is 20.6. The normalized spacial score (nSPS) is 10.5. The van der Waals surface area contributed by atoms with E-state index < -0.39 is 5.97 Å². The van der Waals surface area contributed by atoms with Crippen LogP contribution in [0.5, 0.6) is 0 Å². The fraction of sp³-hybridized carbons (Fsp3) is 0.267. The molecule has 0 aliphatic carbocycles. The van der Waals surface area contributed by atoms with Crippen molar-refractivity contribution < 1.29 is 14.6 Å². The Morgan fingerprint density at radius 3 is 2.72 bits per heavy atom. The van der Waals surface area contributed by atoms with Crippen LogP contribution in [-0.4, -0.2) is 12.6 Å². The summed E-state index contributed by atoms with van der Waals surface area (Å²) in [5, 5.41) is 0. The maximum Gasteiger partial charge on any atom is 0.365 e. The van der Waals surface area contributed by atoms with E-state index in [1.54, 1.807) is 6.08 Å². The standard InChI is InChI=1S/C15H18O3/c1-13(2)7-6-12-17-18-15(16)11-10-14-8-4-3-5-9-14/h3-5,8-11H,1,6-7,12H2,2H3. The first-order chi connectivity index (χ1) is 8.68. The van der Waals surface area contributed by atoms with Crippen LogP contribution in [-0.2, 0) is 14.6 Å². The Morgan fingerprint density at radius 2 is 2.06 bits per heavy atom. The number of rotatable bonds is 7. The third-order valence-corrected chi connectivity index (χ3v) is 2.18. The Labute approximate surface area is 108 Å². The first-order valence-corrected chi connectivity index (χ1v) is 5.89. The van der Waals surface area contributed by atoms with Crippen LogP contribution in [0.15, 0.2) is 48.6 Å². The molecule has 0 spiro atoms. The smallest absolute Gasteiger partial charge is 0.294 e.